The lowest BCUT2D eigenvalue weighted by Gasteiger charge is -2.47. The number of hydrogen-bond acceptors (Lipinski definition) is 1. The van der Waals surface area contributed by atoms with Crippen LogP contribution < -0.4 is 4.90 Å². The largest absolute Gasteiger partial charge is 0.322 e. The molecule has 11 aromatic rings. The zero-order valence-corrected chi connectivity index (χ0v) is 31.7. The molecule has 58 heavy (non-hydrogen) atoms. The summed E-state index contributed by atoms with van der Waals surface area (Å²) in [5, 5.41) is 4.95. The van der Waals surface area contributed by atoms with Crippen molar-refractivity contribution in [3.05, 3.63) is 241 Å². The molecule has 2 aromatic heterocycles. The maximum absolute atomic E-state index is 2.61. The Morgan fingerprint density at radius 1 is 0.310 bits per heavy atom. The predicted molar refractivity (Wildman–Crippen MR) is 242 cm³/mol. The van der Waals surface area contributed by atoms with Crippen molar-refractivity contribution in [3.8, 4) is 16.8 Å². The van der Waals surface area contributed by atoms with Gasteiger partial charge in [-0.3, -0.25) is 0 Å². The van der Waals surface area contributed by atoms with Crippen LogP contribution in [0.15, 0.2) is 224 Å². The van der Waals surface area contributed by atoms with E-state index < -0.39 is 5.54 Å². The monoisotopic (exact) mass is 739 g/mol. The molecule has 0 atom stereocenters. The maximum atomic E-state index is 2.61. The fourth-order valence-corrected chi connectivity index (χ4v) is 9.96. The van der Waals surface area contributed by atoms with Gasteiger partial charge in [0.15, 0.2) is 0 Å². The summed E-state index contributed by atoms with van der Waals surface area (Å²) in [6, 6.07) is 82.3. The smallest absolute Gasteiger partial charge is 0.125 e. The molecule has 12 rings (SSSR count). The summed E-state index contributed by atoms with van der Waals surface area (Å²) in [6.45, 7) is 0. The topological polar surface area (TPSA) is 13.1 Å². The van der Waals surface area contributed by atoms with Crippen molar-refractivity contribution in [2.24, 2.45) is 0 Å². The molecule has 0 unspecified atom stereocenters. The van der Waals surface area contributed by atoms with E-state index in [-0.39, 0.29) is 0 Å². The minimum Gasteiger partial charge on any atom is -0.322 e. The van der Waals surface area contributed by atoms with E-state index in [1.54, 1.807) is 0 Å². The Bertz CT molecular complexity index is 3240. The highest BCUT2D eigenvalue weighted by atomic mass is 15.2. The summed E-state index contributed by atoms with van der Waals surface area (Å²) in [4.78, 5) is 2.49. The van der Waals surface area contributed by atoms with Gasteiger partial charge < -0.3 is 14.0 Å². The Labute approximate surface area is 336 Å². The van der Waals surface area contributed by atoms with Gasteiger partial charge >= 0.3 is 0 Å². The van der Waals surface area contributed by atoms with Crippen LogP contribution in [0.1, 0.15) is 16.7 Å². The highest BCUT2D eigenvalue weighted by Gasteiger charge is 2.47. The molecule has 9 aromatic carbocycles. The summed E-state index contributed by atoms with van der Waals surface area (Å²) in [7, 11) is 0. The van der Waals surface area contributed by atoms with Crippen molar-refractivity contribution in [1.29, 1.82) is 0 Å². The Hall–Kier alpha value is -7.62. The van der Waals surface area contributed by atoms with Gasteiger partial charge in [-0.25, -0.2) is 0 Å². The molecule has 1 aliphatic heterocycles. The van der Waals surface area contributed by atoms with E-state index in [1.165, 1.54) is 71.4 Å². The van der Waals surface area contributed by atoms with E-state index >= 15 is 0 Å². The van der Waals surface area contributed by atoms with Gasteiger partial charge in [0.25, 0.3) is 0 Å². The second-order valence-corrected chi connectivity index (χ2v) is 15.3. The first-order valence-electron chi connectivity index (χ1n) is 20.0. The maximum Gasteiger partial charge on any atom is 0.125 e. The zero-order chi connectivity index (χ0) is 38.2. The van der Waals surface area contributed by atoms with Crippen LogP contribution in [-0.4, -0.2) is 9.13 Å². The Balaban J connectivity index is 1.11. The van der Waals surface area contributed by atoms with Crippen LogP contribution in [0.3, 0.4) is 0 Å². The number of hydrogen-bond donors (Lipinski definition) is 0. The fourth-order valence-electron chi connectivity index (χ4n) is 9.96. The molecule has 0 aliphatic carbocycles. The molecule has 3 heteroatoms. The molecule has 3 nitrogen and oxygen atoms in total. The van der Waals surface area contributed by atoms with Crippen LogP contribution in [0.5, 0.6) is 0 Å². The van der Waals surface area contributed by atoms with Crippen LogP contribution in [0.25, 0.3) is 60.4 Å². The molecule has 3 heterocycles. The van der Waals surface area contributed by atoms with E-state index in [9.17, 15) is 0 Å². The van der Waals surface area contributed by atoms with Gasteiger partial charge in [-0.15, -0.1) is 0 Å². The molecule has 0 fully saturated rings. The Kier molecular flexibility index (Phi) is 7.14. The first-order chi connectivity index (χ1) is 28.8. The predicted octanol–water partition coefficient (Wildman–Crippen LogP) is 14.2. The molecule has 272 valence electrons. The number of anilines is 3. The molecule has 1 aliphatic rings. The van der Waals surface area contributed by atoms with Crippen molar-refractivity contribution >= 4 is 60.7 Å². The molecule has 0 saturated heterocycles. The Morgan fingerprint density at radius 2 is 0.759 bits per heavy atom. The van der Waals surface area contributed by atoms with Crippen molar-refractivity contribution in [1.82, 2.24) is 9.13 Å². The molecule has 0 amide bonds. The summed E-state index contributed by atoms with van der Waals surface area (Å²) in [5.41, 5.74) is 14.8. The number of rotatable bonds is 5. The van der Waals surface area contributed by atoms with E-state index in [0.717, 1.165) is 22.7 Å². The standard InChI is InChI=1S/C55H37N3/c1-3-17-38(18-4-1)39-31-33-41(34-32-39)56-49-26-12-7-23-45(49)46-37-42(35-36-50(46)56)57-53-29-15-10-24-47(53)55(40-19-5-2-6-20-40,48-25-11-16-30-54(48)57)58-51-27-13-8-21-43(51)44-22-9-14-28-52(44)58/h1-37H. The minimum absolute atomic E-state index is 0.681. The molecular weight excluding hydrogens is 703 g/mol. The van der Waals surface area contributed by atoms with Crippen LogP contribution in [0.4, 0.5) is 17.1 Å². The number of nitrogens with zero attached hydrogens (tertiary/aromatic N) is 3. The second-order valence-electron chi connectivity index (χ2n) is 15.3. The van der Waals surface area contributed by atoms with Crippen LogP contribution >= 0.6 is 0 Å². The highest BCUT2D eigenvalue weighted by molar-refractivity contribution is 6.12. The van der Waals surface area contributed by atoms with Crippen molar-refractivity contribution < 1.29 is 0 Å². The third kappa shape index (κ3) is 4.56. The van der Waals surface area contributed by atoms with Gasteiger partial charge in [-0.05, 0) is 77.4 Å². The lowest BCUT2D eigenvalue weighted by Crippen LogP contribution is -2.42. The third-order valence-electron chi connectivity index (χ3n) is 12.3. The minimum atomic E-state index is -0.681. The third-order valence-corrected chi connectivity index (χ3v) is 12.3. The number of benzene rings is 9. The van der Waals surface area contributed by atoms with Crippen molar-refractivity contribution in [3.63, 3.8) is 0 Å². The SMILES string of the molecule is c1ccc(-c2ccc(-n3c4ccccc4c4cc(N5c6ccccc6C(c6ccccc6)(n6c7ccccc7c7ccccc76)c6ccccc65)ccc43)cc2)cc1. The summed E-state index contributed by atoms with van der Waals surface area (Å²) < 4.78 is 5.02. The van der Waals surface area contributed by atoms with Crippen LogP contribution in [-0.2, 0) is 5.54 Å². The first-order valence-corrected chi connectivity index (χ1v) is 20.0. The second kappa shape index (κ2) is 12.7. The average Bonchev–Trinajstić information content (AvgIpc) is 3.82. The number of fused-ring (bicyclic) bond motifs is 8. The van der Waals surface area contributed by atoms with E-state index in [0.29, 0.717) is 0 Å². The summed E-state index contributed by atoms with van der Waals surface area (Å²) in [5.74, 6) is 0. The van der Waals surface area contributed by atoms with E-state index in [2.05, 4.69) is 238 Å². The van der Waals surface area contributed by atoms with Gasteiger partial charge in [0.05, 0.1) is 33.4 Å². The molecule has 0 radical (unpaired) electrons. The van der Waals surface area contributed by atoms with Gasteiger partial charge in [-0.1, -0.05) is 164 Å². The van der Waals surface area contributed by atoms with Gasteiger partial charge in [0, 0.05) is 44.0 Å². The fraction of sp³-hybridized carbons (Fsp3) is 0.0182. The lowest BCUT2D eigenvalue weighted by atomic mass is 9.72. The van der Waals surface area contributed by atoms with Gasteiger partial charge in [0.2, 0.25) is 0 Å². The summed E-state index contributed by atoms with van der Waals surface area (Å²) in [6.07, 6.45) is 0. The first kappa shape index (κ1) is 32.6. The highest BCUT2D eigenvalue weighted by Crippen LogP contribution is 2.57. The van der Waals surface area contributed by atoms with Crippen molar-refractivity contribution in [2.45, 2.75) is 5.54 Å². The van der Waals surface area contributed by atoms with Crippen molar-refractivity contribution in [2.75, 3.05) is 4.90 Å². The lowest BCUT2D eigenvalue weighted by molar-refractivity contribution is 0.544. The molecule has 0 saturated carbocycles. The quantitative estimate of drug-likeness (QED) is 0.171. The molecule has 0 bridgehead atoms. The summed E-state index contributed by atoms with van der Waals surface area (Å²) >= 11 is 0. The Morgan fingerprint density at radius 3 is 1.38 bits per heavy atom. The molecule has 0 N–H and O–H groups in total. The van der Waals surface area contributed by atoms with E-state index in [4.69, 9.17) is 0 Å². The molecular formula is C55H37N3. The average molecular weight is 740 g/mol. The van der Waals surface area contributed by atoms with Crippen LogP contribution in [0.2, 0.25) is 0 Å². The molecule has 0 spiro atoms. The number of para-hydroxylation sites is 5. The van der Waals surface area contributed by atoms with Crippen LogP contribution in [0, 0.1) is 0 Å². The van der Waals surface area contributed by atoms with Gasteiger partial charge in [-0.2, -0.15) is 0 Å². The number of aromatic nitrogens is 2. The zero-order valence-electron chi connectivity index (χ0n) is 31.7. The normalized spacial score (nSPS) is 13.3. The van der Waals surface area contributed by atoms with E-state index in [1.807, 2.05) is 0 Å². The van der Waals surface area contributed by atoms with Gasteiger partial charge in [0.1, 0.15) is 5.54 Å².